The molecule has 1 aromatic rings. The number of amides is 2. The van der Waals surface area contributed by atoms with Gasteiger partial charge in [-0.2, -0.15) is 0 Å². The van der Waals surface area contributed by atoms with Gasteiger partial charge in [0.05, 0.1) is 0 Å². The van der Waals surface area contributed by atoms with E-state index in [4.69, 9.17) is 44.3 Å². The molecular formula is C19H26Cl3N3O3. The fourth-order valence-electron chi connectivity index (χ4n) is 3.19. The predicted molar refractivity (Wildman–Crippen MR) is 112 cm³/mol. The number of hydrogen-bond acceptors (Lipinski definition) is 4. The molecule has 2 aliphatic heterocycles. The summed E-state index contributed by atoms with van der Waals surface area (Å²) < 4.78 is 9.71. The maximum Gasteiger partial charge on any atom is 0.389 e. The van der Waals surface area contributed by atoms with E-state index in [0.29, 0.717) is 24.6 Å². The zero-order chi connectivity index (χ0) is 20.7. The van der Waals surface area contributed by atoms with Gasteiger partial charge < -0.3 is 19.3 Å². The fraction of sp³-hybridized carbons (Fsp3) is 0.632. The Morgan fingerprint density at radius 3 is 2.25 bits per heavy atom. The Morgan fingerprint density at radius 2 is 1.71 bits per heavy atom. The number of nitrogens with zero attached hydrogens (tertiary/aromatic N) is 2. The lowest BCUT2D eigenvalue weighted by Crippen LogP contribution is -2.66. The van der Waals surface area contributed by atoms with Crippen LogP contribution in [0.3, 0.4) is 0 Å². The molecule has 1 saturated heterocycles. The average molecular weight is 451 g/mol. The molecule has 0 aromatic heterocycles. The molecule has 1 fully saturated rings. The molecule has 156 valence electrons. The van der Waals surface area contributed by atoms with Gasteiger partial charge in [-0.25, -0.2) is 4.79 Å². The van der Waals surface area contributed by atoms with Crippen LogP contribution in [-0.4, -0.2) is 58.3 Å². The van der Waals surface area contributed by atoms with Crippen LogP contribution < -0.4 is 14.8 Å². The van der Waals surface area contributed by atoms with Crippen molar-refractivity contribution >= 4 is 40.8 Å². The summed E-state index contributed by atoms with van der Waals surface area (Å²) in [5, 5.41) is 2.67. The van der Waals surface area contributed by atoms with Gasteiger partial charge in [-0.1, -0.05) is 68.6 Å². The minimum absolute atomic E-state index is 0.0914. The molecule has 0 bridgehead atoms. The summed E-state index contributed by atoms with van der Waals surface area (Å²) in [6.45, 7) is 12.1. The highest BCUT2D eigenvalue weighted by Gasteiger charge is 2.60. The highest BCUT2D eigenvalue weighted by molar-refractivity contribution is 6.68. The highest BCUT2D eigenvalue weighted by atomic mass is 35.6. The molecule has 0 radical (unpaired) electrons. The molecular weight excluding hydrogens is 425 g/mol. The number of halogens is 3. The third kappa shape index (κ3) is 4.25. The van der Waals surface area contributed by atoms with Gasteiger partial charge >= 0.3 is 11.9 Å². The van der Waals surface area contributed by atoms with Gasteiger partial charge in [-0.3, -0.25) is 5.32 Å². The maximum absolute atomic E-state index is 12.8. The second-order valence-electron chi connectivity index (χ2n) is 8.08. The fourth-order valence-corrected chi connectivity index (χ4v) is 3.57. The number of carbonyl (C=O) groups excluding carboxylic acids is 1. The van der Waals surface area contributed by atoms with E-state index in [9.17, 15) is 4.79 Å². The number of hydrogen-bond donors (Lipinski definition) is 1. The first kappa shape index (κ1) is 21.6. The number of nitrogens with one attached hydrogen (secondary N) is 1. The minimum atomic E-state index is -2.05. The van der Waals surface area contributed by atoms with Crippen molar-refractivity contribution in [2.45, 2.75) is 42.8 Å². The number of ether oxygens (including phenoxy) is 2. The van der Waals surface area contributed by atoms with Crippen molar-refractivity contribution in [3.63, 3.8) is 0 Å². The van der Waals surface area contributed by atoms with Crippen LogP contribution in [0.15, 0.2) is 18.2 Å². The van der Waals surface area contributed by atoms with Gasteiger partial charge in [0.2, 0.25) is 0 Å². The summed E-state index contributed by atoms with van der Waals surface area (Å²) in [5.74, 6) is -1.10. The van der Waals surface area contributed by atoms with Gasteiger partial charge in [-0.15, -0.1) is 0 Å². The van der Waals surface area contributed by atoms with E-state index in [0.717, 1.165) is 25.2 Å². The zero-order valence-electron chi connectivity index (χ0n) is 16.5. The molecule has 2 aliphatic rings. The first-order valence-electron chi connectivity index (χ1n) is 9.34. The van der Waals surface area contributed by atoms with E-state index < -0.39 is 15.7 Å². The number of carbonyl (C=O) groups is 1. The van der Waals surface area contributed by atoms with Crippen LogP contribution in [0.25, 0.3) is 0 Å². The van der Waals surface area contributed by atoms with Crippen LogP contribution in [-0.2, 0) is 5.41 Å². The number of fused-ring (bicyclic) bond motifs is 1. The molecule has 2 amide bonds. The Balaban J connectivity index is 1.80. The summed E-state index contributed by atoms with van der Waals surface area (Å²) in [6, 6.07) is 5.15. The molecule has 2 heterocycles. The zero-order valence-corrected chi connectivity index (χ0v) is 18.8. The van der Waals surface area contributed by atoms with Crippen LogP contribution in [0.5, 0.6) is 11.5 Å². The van der Waals surface area contributed by atoms with Crippen LogP contribution in [0.4, 0.5) is 4.79 Å². The molecule has 0 saturated carbocycles. The van der Waals surface area contributed by atoms with Crippen molar-refractivity contribution < 1.29 is 14.3 Å². The molecule has 6 nitrogen and oxygen atoms in total. The third-order valence-corrected chi connectivity index (χ3v) is 5.81. The Hall–Kier alpha value is -1.08. The predicted octanol–water partition coefficient (Wildman–Crippen LogP) is 4.13. The normalized spacial score (nSPS) is 23.0. The molecule has 0 aliphatic carbocycles. The van der Waals surface area contributed by atoms with E-state index in [2.05, 4.69) is 37.9 Å². The molecule has 9 heteroatoms. The molecule has 0 spiro atoms. The summed E-state index contributed by atoms with van der Waals surface area (Å²) >= 11 is 18.6. The van der Waals surface area contributed by atoms with E-state index in [1.54, 1.807) is 11.0 Å². The smallest absolute Gasteiger partial charge is 0.389 e. The quantitative estimate of drug-likeness (QED) is 0.689. The van der Waals surface area contributed by atoms with E-state index >= 15 is 0 Å². The number of benzene rings is 1. The second kappa shape index (κ2) is 7.63. The average Bonchev–Trinajstić information content (AvgIpc) is 2.99. The topological polar surface area (TPSA) is 54.0 Å². The Morgan fingerprint density at radius 1 is 1.11 bits per heavy atom. The SMILES string of the molecule is CCN1CCN(C(=O)N[C@]2(C(Cl)(Cl)Cl)Oc3ccc(C(C)(C)C)cc3O2)CC1. The first-order chi connectivity index (χ1) is 12.9. The Bertz CT molecular complexity index is 740. The van der Waals surface area contributed by atoms with E-state index in [1.807, 2.05) is 12.1 Å². The van der Waals surface area contributed by atoms with Gasteiger partial charge in [-0.05, 0) is 29.7 Å². The Kier molecular flexibility index (Phi) is 5.90. The van der Waals surface area contributed by atoms with Crippen molar-refractivity contribution in [1.82, 2.24) is 15.1 Å². The largest absolute Gasteiger partial charge is 0.428 e. The summed E-state index contributed by atoms with van der Waals surface area (Å²) in [6.07, 6.45) is 0. The second-order valence-corrected chi connectivity index (χ2v) is 10.4. The molecule has 0 unspecified atom stereocenters. The first-order valence-corrected chi connectivity index (χ1v) is 10.5. The van der Waals surface area contributed by atoms with Gasteiger partial charge in [0.1, 0.15) is 0 Å². The van der Waals surface area contributed by atoms with Crippen molar-refractivity contribution in [2.24, 2.45) is 0 Å². The van der Waals surface area contributed by atoms with Gasteiger partial charge in [0, 0.05) is 26.2 Å². The lowest BCUT2D eigenvalue weighted by Gasteiger charge is -2.38. The molecule has 1 aromatic carbocycles. The minimum Gasteiger partial charge on any atom is -0.428 e. The lowest BCUT2D eigenvalue weighted by molar-refractivity contribution is -0.0962. The molecule has 28 heavy (non-hydrogen) atoms. The van der Waals surface area contributed by atoms with Crippen molar-refractivity contribution in [1.29, 1.82) is 0 Å². The summed E-state index contributed by atoms with van der Waals surface area (Å²) in [5.41, 5.74) is 0.947. The highest BCUT2D eigenvalue weighted by Crippen LogP contribution is 2.49. The number of urea groups is 1. The van der Waals surface area contributed by atoms with Gasteiger partial charge in [0.25, 0.3) is 3.79 Å². The van der Waals surface area contributed by atoms with Crippen LogP contribution >= 0.6 is 34.8 Å². The molecule has 1 atom stereocenters. The van der Waals surface area contributed by atoms with Crippen molar-refractivity contribution in [3.05, 3.63) is 23.8 Å². The maximum atomic E-state index is 12.8. The third-order valence-electron chi connectivity index (χ3n) is 5.07. The van der Waals surface area contributed by atoms with E-state index in [-0.39, 0.29) is 5.41 Å². The number of likely N-dealkylation sites (N-methyl/N-ethyl adjacent to an activating group) is 1. The van der Waals surface area contributed by atoms with E-state index in [1.165, 1.54) is 0 Å². The standard InChI is InChI=1S/C19H26Cl3N3O3/c1-5-24-8-10-25(11-9-24)16(26)23-19(18(20,21)22)27-14-7-6-13(17(2,3)4)12-15(14)28-19/h6-7,12H,5,8-11H2,1-4H3,(H,23,26)/t19-/m1/s1. The monoisotopic (exact) mass is 449 g/mol. The van der Waals surface area contributed by atoms with Crippen molar-refractivity contribution in [3.8, 4) is 11.5 Å². The van der Waals surface area contributed by atoms with Gasteiger partial charge in [0.15, 0.2) is 11.5 Å². The number of rotatable bonds is 2. The molecule has 3 rings (SSSR count). The molecule has 1 N–H and O–H groups in total. The summed E-state index contributed by atoms with van der Waals surface area (Å²) in [7, 11) is 0. The number of alkyl halides is 3. The lowest BCUT2D eigenvalue weighted by atomic mass is 9.87. The van der Waals surface area contributed by atoms with Crippen LogP contribution in [0, 0.1) is 0 Å². The summed E-state index contributed by atoms with van der Waals surface area (Å²) in [4.78, 5) is 16.8. The van der Waals surface area contributed by atoms with Crippen molar-refractivity contribution in [2.75, 3.05) is 32.7 Å². The number of piperazine rings is 1. The van der Waals surface area contributed by atoms with Crippen LogP contribution in [0.1, 0.15) is 33.3 Å². The Labute approximate surface area is 181 Å². The van der Waals surface area contributed by atoms with Crippen LogP contribution in [0.2, 0.25) is 0 Å².